The van der Waals surface area contributed by atoms with Gasteiger partial charge in [-0.05, 0) is 83.7 Å². The lowest BCUT2D eigenvalue weighted by molar-refractivity contribution is -0.173. The molecule has 4 rings (SSSR count). The Morgan fingerprint density at radius 1 is 1.12 bits per heavy atom. The number of halogens is 4. The van der Waals surface area contributed by atoms with Crippen LogP contribution in [0.2, 0.25) is 10.0 Å². The van der Waals surface area contributed by atoms with E-state index in [0.717, 1.165) is 25.4 Å². The van der Waals surface area contributed by atoms with Gasteiger partial charge in [0.25, 0.3) is 0 Å². The van der Waals surface area contributed by atoms with Gasteiger partial charge in [0.15, 0.2) is 0 Å². The highest BCUT2D eigenvalue weighted by atomic mass is 35.5. The Bertz CT molecular complexity index is 605. The van der Waals surface area contributed by atoms with Crippen LogP contribution in [0, 0.1) is 5.92 Å². The number of likely N-dealkylation sites (N-methyl/N-ethyl adjacent to an activating group) is 1. The van der Waals surface area contributed by atoms with E-state index in [0.29, 0.717) is 21.1 Å². The first-order chi connectivity index (χ1) is 11.2. The van der Waals surface area contributed by atoms with Gasteiger partial charge in [-0.15, -0.1) is 24.8 Å². The molecule has 0 aromatic heterocycles. The van der Waals surface area contributed by atoms with Crippen molar-refractivity contribution in [2.24, 2.45) is 5.92 Å². The molecule has 3 atom stereocenters. The Labute approximate surface area is 181 Å². The summed E-state index contributed by atoms with van der Waals surface area (Å²) in [4.78, 5) is 5.20. The van der Waals surface area contributed by atoms with E-state index < -0.39 is 0 Å². The van der Waals surface area contributed by atoms with Crippen molar-refractivity contribution in [3.63, 3.8) is 0 Å². The second-order valence-electron chi connectivity index (χ2n) is 8.55. The van der Waals surface area contributed by atoms with E-state index in [1.165, 1.54) is 31.4 Å². The summed E-state index contributed by atoms with van der Waals surface area (Å²) in [6.07, 6.45) is 5.01. The average molecular weight is 442 g/mol. The van der Waals surface area contributed by atoms with Crippen molar-refractivity contribution in [3.8, 4) is 0 Å². The molecule has 3 aliphatic heterocycles. The smallest absolute Gasteiger partial charge is 0.0595 e. The van der Waals surface area contributed by atoms with Crippen LogP contribution in [-0.2, 0) is 6.42 Å². The molecule has 0 amide bonds. The summed E-state index contributed by atoms with van der Waals surface area (Å²) in [6, 6.07) is 5.96. The molecule has 3 aliphatic rings. The highest BCUT2D eigenvalue weighted by Gasteiger charge is 2.56. The van der Waals surface area contributed by atoms with Crippen molar-refractivity contribution in [1.82, 2.24) is 9.80 Å². The molecular weight excluding hydrogens is 410 g/mol. The molecule has 150 valence electrons. The number of piperidine rings is 2. The van der Waals surface area contributed by atoms with Crippen LogP contribution in [0.25, 0.3) is 0 Å². The maximum Gasteiger partial charge on any atom is 0.0595 e. The molecule has 26 heavy (non-hydrogen) atoms. The van der Waals surface area contributed by atoms with Crippen molar-refractivity contribution < 1.29 is 0 Å². The number of rotatable bonds is 6. The first-order valence-corrected chi connectivity index (χ1v) is 9.88. The van der Waals surface area contributed by atoms with E-state index in [1.807, 2.05) is 12.1 Å². The number of benzene rings is 1. The van der Waals surface area contributed by atoms with E-state index in [1.54, 1.807) is 0 Å². The molecule has 0 N–H and O–H groups in total. The molecule has 0 spiro atoms. The molecule has 3 unspecified atom stereocenters. The molecular formula is C20H32Cl4N2. The minimum absolute atomic E-state index is 0. The van der Waals surface area contributed by atoms with Gasteiger partial charge in [-0.1, -0.05) is 29.3 Å². The van der Waals surface area contributed by atoms with Crippen LogP contribution < -0.4 is 0 Å². The van der Waals surface area contributed by atoms with E-state index in [9.17, 15) is 0 Å². The Morgan fingerprint density at radius 3 is 2.38 bits per heavy atom. The van der Waals surface area contributed by atoms with Crippen molar-refractivity contribution in [3.05, 3.63) is 33.8 Å². The normalized spacial score (nSPS) is 28.7. The average Bonchev–Trinajstić information content (AvgIpc) is 2.54. The zero-order valence-corrected chi connectivity index (χ0v) is 19.4. The number of hydrogen-bond acceptors (Lipinski definition) is 2. The predicted octanol–water partition coefficient (Wildman–Crippen LogP) is 5.96. The minimum Gasteiger partial charge on any atom is -0.306 e. The largest absolute Gasteiger partial charge is 0.306 e. The van der Waals surface area contributed by atoms with Crippen molar-refractivity contribution in [2.45, 2.75) is 57.5 Å². The monoisotopic (exact) mass is 440 g/mol. The highest BCUT2D eigenvalue weighted by molar-refractivity contribution is 6.42. The van der Waals surface area contributed by atoms with Crippen LogP contribution in [-0.4, -0.2) is 47.6 Å². The second kappa shape index (κ2) is 9.20. The Hall–Kier alpha value is 0.300. The van der Waals surface area contributed by atoms with Crippen LogP contribution in [0.3, 0.4) is 0 Å². The van der Waals surface area contributed by atoms with E-state index in [4.69, 9.17) is 23.2 Å². The van der Waals surface area contributed by atoms with Gasteiger partial charge in [-0.2, -0.15) is 0 Å². The van der Waals surface area contributed by atoms with Crippen molar-refractivity contribution >= 4 is 48.0 Å². The van der Waals surface area contributed by atoms with Gasteiger partial charge in [0, 0.05) is 24.2 Å². The molecule has 2 nitrogen and oxygen atoms in total. The predicted molar refractivity (Wildman–Crippen MR) is 119 cm³/mol. The quantitative estimate of drug-likeness (QED) is 0.536. The zero-order chi connectivity index (χ0) is 17.5. The van der Waals surface area contributed by atoms with Gasteiger partial charge in [0.1, 0.15) is 0 Å². The third kappa shape index (κ3) is 4.82. The molecule has 6 heteroatoms. The molecule has 3 saturated heterocycles. The van der Waals surface area contributed by atoms with Crippen molar-refractivity contribution in [2.75, 3.05) is 26.7 Å². The zero-order valence-electron chi connectivity index (χ0n) is 16.2. The fraction of sp³-hybridized carbons (Fsp3) is 0.700. The van der Waals surface area contributed by atoms with Gasteiger partial charge in [-0.3, -0.25) is 4.90 Å². The molecule has 0 saturated carbocycles. The number of hydrogen-bond donors (Lipinski definition) is 0. The Balaban J connectivity index is 0.00000169. The molecule has 0 radical (unpaired) electrons. The first kappa shape index (κ1) is 24.3. The fourth-order valence-electron chi connectivity index (χ4n) is 4.59. The van der Waals surface area contributed by atoms with Gasteiger partial charge < -0.3 is 4.90 Å². The van der Waals surface area contributed by atoms with E-state index in [-0.39, 0.29) is 24.8 Å². The molecule has 3 heterocycles. The summed E-state index contributed by atoms with van der Waals surface area (Å²) in [5, 5.41) is 1.29. The van der Waals surface area contributed by atoms with Crippen LogP contribution in [0.15, 0.2) is 18.2 Å². The van der Waals surface area contributed by atoms with Gasteiger partial charge in [0.05, 0.1) is 10.0 Å². The molecule has 1 aromatic rings. The molecule has 1 aromatic carbocycles. The summed E-state index contributed by atoms with van der Waals surface area (Å²) < 4.78 is 0. The highest BCUT2D eigenvalue weighted by Crippen LogP contribution is 2.51. The lowest BCUT2D eigenvalue weighted by atomic mass is 9.63. The summed E-state index contributed by atoms with van der Waals surface area (Å²) in [5.74, 6) is 0.915. The molecule has 2 bridgehead atoms. The Kier molecular flexibility index (Phi) is 8.61. The van der Waals surface area contributed by atoms with Gasteiger partial charge in [-0.25, -0.2) is 0 Å². The first-order valence-electron chi connectivity index (χ1n) is 9.12. The van der Waals surface area contributed by atoms with Crippen LogP contribution in [0.1, 0.15) is 45.6 Å². The maximum atomic E-state index is 6.11. The summed E-state index contributed by atoms with van der Waals surface area (Å²) in [7, 11) is 2.23. The van der Waals surface area contributed by atoms with E-state index >= 15 is 0 Å². The lowest BCUT2D eigenvalue weighted by Gasteiger charge is -2.67. The van der Waals surface area contributed by atoms with Gasteiger partial charge in [0.2, 0.25) is 0 Å². The summed E-state index contributed by atoms with van der Waals surface area (Å²) in [6.45, 7) is 10.8. The molecule has 3 fully saturated rings. The fourth-order valence-corrected chi connectivity index (χ4v) is 4.91. The second-order valence-corrected chi connectivity index (χ2v) is 9.36. The van der Waals surface area contributed by atoms with E-state index in [2.05, 4.69) is 43.7 Å². The summed E-state index contributed by atoms with van der Waals surface area (Å²) in [5.41, 5.74) is 2.04. The van der Waals surface area contributed by atoms with Crippen molar-refractivity contribution in [1.29, 1.82) is 0 Å². The topological polar surface area (TPSA) is 6.48 Å². The molecule has 0 aliphatic carbocycles. The maximum absolute atomic E-state index is 6.11. The van der Waals surface area contributed by atoms with Crippen LogP contribution in [0.5, 0.6) is 0 Å². The number of nitrogens with zero attached hydrogens (tertiary/aromatic N) is 2. The Morgan fingerprint density at radius 2 is 1.81 bits per heavy atom. The van der Waals surface area contributed by atoms with Crippen LogP contribution in [0.4, 0.5) is 0 Å². The SMILES string of the molecule is CN(CCc1ccc(Cl)c(Cl)c1)CCC1(C)CCC2CN1C2(C)C.Cl.Cl. The third-order valence-electron chi connectivity index (χ3n) is 6.58. The van der Waals surface area contributed by atoms with Crippen LogP contribution >= 0.6 is 48.0 Å². The summed E-state index contributed by atoms with van der Waals surface area (Å²) >= 11 is 12.1. The third-order valence-corrected chi connectivity index (χ3v) is 7.32. The van der Waals surface area contributed by atoms with Gasteiger partial charge >= 0.3 is 0 Å². The number of fused-ring (bicyclic) bond motifs is 2. The lowest BCUT2D eigenvalue weighted by Crippen LogP contribution is -2.74. The standard InChI is InChI=1S/C20H30Cl2N2.2ClH/c1-19(2)16-7-9-20(3,24(19)14-16)10-12-23(4)11-8-15-5-6-17(21)18(22)13-15;;/h5-6,13,16H,7-12,14H2,1-4H3;2*1H. The minimum atomic E-state index is 0.